The zero-order valence-corrected chi connectivity index (χ0v) is 13.3. The number of carbonyl (C=O) groups is 1. The van der Waals surface area contributed by atoms with E-state index in [0.29, 0.717) is 5.56 Å². The monoisotopic (exact) mass is 315 g/mol. The highest BCUT2D eigenvalue weighted by Crippen LogP contribution is 2.35. The zero-order chi connectivity index (χ0) is 15.5. The molecule has 0 saturated carbocycles. The van der Waals surface area contributed by atoms with E-state index in [0.717, 1.165) is 19.4 Å². The van der Waals surface area contributed by atoms with Crippen LogP contribution in [0.25, 0.3) is 6.08 Å². The molecule has 1 unspecified atom stereocenters. The summed E-state index contributed by atoms with van der Waals surface area (Å²) in [5, 5.41) is 2.10. The fourth-order valence-electron chi connectivity index (χ4n) is 2.97. The first-order valence-electron chi connectivity index (χ1n) is 7.49. The van der Waals surface area contributed by atoms with E-state index in [4.69, 9.17) is 0 Å². The Labute approximate surface area is 133 Å². The molecular formula is C18H18FNOS. The molecule has 0 radical (unpaired) electrons. The van der Waals surface area contributed by atoms with Gasteiger partial charge in [-0.25, -0.2) is 4.39 Å². The summed E-state index contributed by atoms with van der Waals surface area (Å²) in [6.07, 6.45) is 5.06. The minimum absolute atomic E-state index is 0.00652. The van der Waals surface area contributed by atoms with Crippen molar-refractivity contribution in [2.75, 3.05) is 6.54 Å². The molecule has 1 atom stereocenters. The average Bonchev–Trinajstić information content (AvgIpc) is 3.00. The number of benzene rings is 1. The van der Waals surface area contributed by atoms with E-state index in [-0.39, 0.29) is 17.8 Å². The van der Waals surface area contributed by atoms with E-state index in [1.54, 1.807) is 35.6 Å². The van der Waals surface area contributed by atoms with Gasteiger partial charge >= 0.3 is 0 Å². The highest BCUT2D eigenvalue weighted by atomic mass is 32.1. The van der Waals surface area contributed by atoms with Crippen molar-refractivity contribution in [3.63, 3.8) is 0 Å². The molecule has 1 aliphatic heterocycles. The van der Waals surface area contributed by atoms with Gasteiger partial charge in [0.1, 0.15) is 5.82 Å². The first-order chi connectivity index (χ1) is 10.7. The number of hydrogen-bond acceptors (Lipinski definition) is 2. The van der Waals surface area contributed by atoms with Gasteiger partial charge in [0.15, 0.2) is 0 Å². The van der Waals surface area contributed by atoms with Gasteiger partial charge in [-0.15, -0.1) is 11.3 Å². The Morgan fingerprint density at radius 1 is 1.45 bits per heavy atom. The van der Waals surface area contributed by atoms with Crippen LogP contribution in [0.4, 0.5) is 4.39 Å². The second-order valence-electron chi connectivity index (χ2n) is 5.39. The molecule has 1 aliphatic rings. The molecule has 0 bridgehead atoms. The molecule has 2 nitrogen and oxygen atoms in total. The van der Waals surface area contributed by atoms with Crippen molar-refractivity contribution in [3.8, 4) is 0 Å². The third-order valence-electron chi connectivity index (χ3n) is 4.03. The molecule has 4 heteroatoms. The van der Waals surface area contributed by atoms with Crippen LogP contribution in [0, 0.1) is 5.82 Å². The summed E-state index contributed by atoms with van der Waals surface area (Å²) in [6.45, 7) is 2.85. The molecule has 1 aromatic heterocycles. The maximum atomic E-state index is 13.2. The fraction of sp³-hybridized carbons (Fsp3) is 0.278. The van der Waals surface area contributed by atoms with Crippen LogP contribution in [-0.4, -0.2) is 17.4 Å². The molecule has 1 amide bonds. The molecule has 0 N–H and O–H groups in total. The average molecular weight is 315 g/mol. The van der Waals surface area contributed by atoms with Crippen molar-refractivity contribution < 1.29 is 9.18 Å². The van der Waals surface area contributed by atoms with E-state index in [1.807, 2.05) is 4.90 Å². The second kappa shape index (κ2) is 6.44. The number of nitrogens with zero attached hydrogens (tertiary/aromatic N) is 1. The number of amides is 1. The van der Waals surface area contributed by atoms with Crippen molar-refractivity contribution >= 4 is 23.3 Å². The van der Waals surface area contributed by atoms with Crippen LogP contribution in [0.5, 0.6) is 0 Å². The Bertz CT molecular complexity index is 707. The van der Waals surface area contributed by atoms with Gasteiger partial charge in [0.05, 0.1) is 6.04 Å². The lowest BCUT2D eigenvalue weighted by molar-refractivity contribution is -0.128. The molecule has 0 aliphatic carbocycles. The normalized spacial score (nSPS) is 17.7. The Balaban J connectivity index is 1.77. The number of carbonyl (C=O) groups excluding carboxylic acids is 1. The summed E-state index contributed by atoms with van der Waals surface area (Å²) < 4.78 is 13.2. The van der Waals surface area contributed by atoms with Gasteiger partial charge in [-0.2, -0.15) is 0 Å². The smallest absolute Gasteiger partial charge is 0.247 e. The van der Waals surface area contributed by atoms with Crippen LogP contribution in [0.1, 0.15) is 35.4 Å². The maximum Gasteiger partial charge on any atom is 0.247 e. The fourth-order valence-corrected chi connectivity index (χ4v) is 3.90. The molecular weight excluding hydrogens is 297 g/mol. The third-order valence-corrected chi connectivity index (χ3v) is 5.03. The van der Waals surface area contributed by atoms with Crippen LogP contribution >= 0.6 is 11.3 Å². The van der Waals surface area contributed by atoms with Crippen LogP contribution in [0.15, 0.2) is 41.8 Å². The standard InChI is InChI=1S/C18H18FNOS/c1-2-16-15-9-11-22-17(15)8-10-20(16)18(21)7-6-13-4-3-5-14(19)12-13/h3-7,9,11-12,16H,2,8,10H2,1H3/b7-6+. The highest BCUT2D eigenvalue weighted by molar-refractivity contribution is 7.10. The van der Waals surface area contributed by atoms with Crippen LogP contribution in [-0.2, 0) is 11.2 Å². The van der Waals surface area contributed by atoms with Crippen molar-refractivity contribution in [3.05, 3.63) is 63.6 Å². The summed E-state index contributed by atoms with van der Waals surface area (Å²) in [6, 6.07) is 8.54. The van der Waals surface area contributed by atoms with Crippen LogP contribution in [0.2, 0.25) is 0 Å². The minimum atomic E-state index is -0.290. The van der Waals surface area contributed by atoms with E-state index in [9.17, 15) is 9.18 Å². The highest BCUT2D eigenvalue weighted by Gasteiger charge is 2.29. The molecule has 2 heterocycles. The lowest BCUT2D eigenvalue weighted by Gasteiger charge is -2.34. The maximum absolute atomic E-state index is 13.2. The quantitative estimate of drug-likeness (QED) is 0.767. The minimum Gasteiger partial charge on any atom is -0.332 e. The topological polar surface area (TPSA) is 20.3 Å². The van der Waals surface area contributed by atoms with Crippen molar-refractivity contribution in [1.82, 2.24) is 4.90 Å². The predicted octanol–water partition coefficient (Wildman–Crippen LogP) is 4.44. The van der Waals surface area contributed by atoms with Gasteiger partial charge in [-0.3, -0.25) is 4.79 Å². The van der Waals surface area contributed by atoms with Crippen molar-refractivity contribution in [2.45, 2.75) is 25.8 Å². The molecule has 0 fully saturated rings. The molecule has 22 heavy (non-hydrogen) atoms. The van der Waals surface area contributed by atoms with E-state index in [1.165, 1.54) is 22.6 Å². The number of hydrogen-bond donors (Lipinski definition) is 0. The predicted molar refractivity (Wildman–Crippen MR) is 88.2 cm³/mol. The van der Waals surface area contributed by atoms with E-state index < -0.39 is 0 Å². The molecule has 1 aromatic carbocycles. The van der Waals surface area contributed by atoms with Gasteiger partial charge in [-0.1, -0.05) is 19.1 Å². The van der Waals surface area contributed by atoms with Gasteiger partial charge in [0.2, 0.25) is 5.91 Å². The Morgan fingerprint density at radius 3 is 3.09 bits per heavy atom. The second-order valence-corrected chi connectivity index (χ2v) is 6.39. The number of rotatable bonds is 3. The van der Waals surface area contributed by atoms with Gasteiger partial charge in [-0.05, 0) is 53.6 Å². The zero-order valence-electron chi connectivity index (χ0n) is 12.5. The molecule has 0 saturated heterocycles. The van der Waals surface area contributed by atoms with E-state index >= 15 is 0 Å². The van der Waals surface area contributed by atoms with Gasteiger partial charge < -0.3 is 4.90 Å². The Kier molecular flexibility index (Phi) is 4.39. The number of fused-ring (bicyclic) bond motifs is 1. The van der Waals surface area contributed by atoms with Crippen LogP contribution in [0.3, 0.4) is 0 Å². The SMILES string of the molecule is CCC1c2ccsc2CCN1C(=O)/C=C/c1cccc(F)c1. The lowest BCUT2D eigenvalue weighted by Crippen LogP contribution is -2.38. The van der Waals surface area contributed by atoms with Crippen LogP contribution < -0.4 is 0 Å². The van der Waals surface area contributed by atoms with Crippen molar-refractivity contribution in [2.24, 2.45) is 0 Å². The Hall–Kier alpha value is -1.94. The largest absolute Gasteiger partial charge is 0.332 e. The van der Waals surface area contributed by atoms with E-state index in [2.05, 4.69) is 18.4 Å². The molecule has 114 valence electrons. The summed E-state index contributed by atoms with van der Waals surface area (Å²) in [4.78, 5) is 15.8. The summed E-state index contributed by atoms with van der Waals surface area (Å²) in [5.74, 6) is -0.296. The number of halogens is 1. The molecule has 0 spiro atoms. The third kappa shape index (κ3) is 2.97. The molecule has 2 aromatic rings. The lowest BCUT2D eigenvalue weighted by atomic mass is 9.97. The Morgan fingerprint density at radius 2 is 2.32 bits per heavy atom. The van der Waals surface area contributed by atoms with Crippen molar-refractivity contribution in [1.29, 1.82) is 0 Å². The van der Waals surface area contributed by atoms with Gasteiger partial charge in [0.25, 0.3) is 0 Å². The summed E-state index contributed by atoms with van der Waals surface area (Å²) in [5.41, 5.74) is 1.99. The first-order valence-corrected chi connectivity index (χ1v) is 8.37. The summed E-state index contributed by atoms with van der Waals surface area (Å²) in [7, 11) is 0. The first kappa shape index (κ1) is 15.0. The summed E-state index contributed by atoms with van der Waals surface area (Å²) >= 11 is 1.77. The van der Waals surface area contributed by atoms with Gasteiger partial charge in [0, 0.05) is 17.5 Å². The number of thiophene rings is 1. The molecule has 3 rings (SSSR count).